The number of aromatic carboxylic acids is 1. The van der Waals surface area contributed by atoms with Crippen LogP contribution >= 0.6 is 0 Å². The Bertz CT molecular complexity index is 2150. The number of benzene rings is 2. The Labute approximate surface area is 288 Å². The third-order valence-corrected chi connectivity index (χ3v) is 8.48. The van der Waals surface area contributed by atoms with Crippen LogP contribution in [0, 0.1) is 36.5 Å². The van der Waals surface area contributed by atoms with Crippen LogP contribution in [0.4, 0.5) is 0 Å². The Morgan fingerprint density at radius 1 is 0.820 bits per heavy atom. The standard InChI is InChI=1S/C19H20N4O3.C17H16N4O3/c1-5-25-18(24)15-7-6-13(9-14(15)11-20)16-10-19(3,26-22-16)17-8-12(2)21-23(17)4;1-10-6-15(21(3)19-10)17(2)8-14(20-24-17)11-4-5-13(16(22)23)12(7-11)9-18/h6-9H,5,10H2,1-4H3;4-7H,8H2,1-3H3,(H,22,23). The maximum Gasteiger partial charge on any atom is 0.339 e. The van der Waals surface area contributed by atoms with Gasteiger partial charge in [0.05, 0.1) is 63.1 Å². The molecular formula is C36H36N8O6. The predicted octanol–water partition coefficient (Wildman–Crippen LogP) is 5.15. The molecule has 2 unspecified atom stereocenters. The number of rotatable bonds is 7. The molecule has 0 fully saturated rings. The van der Waals surface area contributed by atoms with Crippen molar-refractivity contribution in [2.75, 3.05) is 6.61 Å². The summed E-state index contributed by atoms with van der Waals surface area (Å²) >= 11 is 0. The molecule has 2 aromatic heterocycles. The third-order valence-electron chi connectivity index (χ3n) is 8.48. The van der Waals surface area contributed by atoms with Gasteiger partial charge in [0.15, 0.2) is 11.2 Å². The number of carboxylic acid groups (broad SMARTS) is 1. The fourth-order valence-electron chi connectivity index (χ4n) is 6.08. The summed E-state index contributed by atoms with van der Waals surface area (Å²) in [6.07, 6.45) is 1.04. The first kappa shape index (κ1) is 35.0. The van der Waals surface area contributed by atoms with Crippen LogP contribution < -0.4 is 0 Å². The van der Waals surface area contributed by atoms with E-state index in [9.17, 15) is 14.9 Å². The van der Waals surface area contributed by atoms with E-state index in [1.165, 1.54) is 12.1 Å². The Balaban J connectivity index is 0.000000195. The van der Waals surface area contributed by atoms with E-state index in [-0.39, 0.29) is 28.9 Å². The molecule has 2 atom stereocenters. The van der Waals surface area contributed by atoms with Crippen LogP contribution in [0.1, 0.15) is 99.4 Å². The number of esters is 1. The highest BCUT2D eigenvalue weighted by molar-refractivity contribution is 6.04. The van der Waals surface area contributed by atoms with E-state index in [0.29, 0.717) is 24.1 Å². The zero-order valence-corrected chi connectivity index (χ0v) is 28.8. The smallest absolute Gasteiger partial charge is 0.339 e. The number of aromatic nitrogens is 4. The quantitative estimate of drug-likeness (QED) is 0.256. The summed E-state index contributed by atoms with van der Waals surface area (Å²) in [5, 5.41) is 44.7. The van der Waals surface area contributed by atoms with Crippen molar-refractivity contribution in [1.29, 1.82) is 10.5 Å². The molecule has 256 valence electrons. The predicted molar refractivity (Wildman–Crippen MR) is 180 cm³/mol. The van der Waals surface area contributed by atoms with Crippen molar-refractivity contribution in [3.05, 3.63) is 105 Å². The Hall–Kier alpha value is -6.28. The average Bonchev–Trinajstić information content (AvgIpc) is 3.86. The van der Waals surface area contributed by atoms with Gasteiger partial charge in [-0.05, 0) is 71.0 Å². The van der Waals surface area contributed by atoms with E-state index >= 15 is 0 Å². The summed E-state index contributed by atoms with van der Waals surface area (Å²) in [6, 6.07) is 17.5. The first-order chi connectivity index (χ1) is 23.7. The van der Waals surface area contributed by atoms with E-state index in [2.05, 4.69) is 26.6 Å². The number of carboxylic acids is 1. The van der Waals surface area contributed by atoms with Crippen LogP contribution in [0.5, 0.6) is 0 Å². The van der Waals surface area contributed by atoms with Crippen molar-refractivity contribution in [3.63, 3.8) is 0 Å². The van der Waals surface area contributed by atoms with E-state index in [1.807, 2.05) is 60.0 Å². The van der Waals surface area contributed by atoms with Crippen LogP contribution in [0.3, 0.4) is 0 Å². The second-order valence-electron chi connectivity index (χ2n) is 12.4. The van der Waals surface area contributed by atoms with Gasteiger partial charge in [0.2, 0.25) is 0 Å². The van der Waals surface area contributed by atoms with Gasteiger partial charge in [0.1, 0.15) is 12.1 Å². The molecule has 4 aromatic rings. The Kier molecular flexibility index (Phi) is 9.59. The minimum atomic E-state index is -1.13. The highest BCUT2D eigenvalue weighted by Crippen LogP contribution is 2.37. The molecule has 2 aliphatic rings. The lowest BCUT2D eigenvalue weighted by Crippen LogP contribution is -2.25. The van der Waals surface area contributed by atoms with Gasteiger partial charge in [0, 0.05) is 38.1 Å². The van der Waals surface area contributed by atoms with E-state index in [4.69, 9.17) is 24.8 Å². The Morgan fingerprint density at radius 2 is 1.26 bits per heavy atom. The van der Waals surface area contributed by atoms with E-state index in [0.717, 1.165) is 34.1 Å². The van der Waals surface area contributed by atoms with Crippen LogP contribution in [-0.2, 0) is 39.7 Å². The zero-order valence-electron chi connectivity index (χ0n) is 28.8. The van der Waals surface area contributed by atoms with Gasteiger partial charge < -0.3 is 19.5 Å². The molecule has 0 saturated heterocycles. The minimum Gasteiger partial charge on any atom is -0.478 e. The highest BCUT2D eigenvalue weighted by atomic mass is 16.7. The maximum absolute atomic E-state index is 11.9. The van der Waals surface area contributed by atoms with Crippen LogP contribution in [-0.4, -0.2) is 54.6 Å². The lowest BCUT2D eigenvalue weighted by molar-refractivity contribution is -0.0137. The monoisotopic (exact) mass is 676 g/mol. The van der Waals surface area contributed by atoms with E-state index in [1.54, 1.807) is 40.6 Å². The summed E-state index contributed by atoms with van der Waals surface area (Å²) in [4.78, 5) is 34.5. The van der Waals surface area contributed by atoms with Gasteiger partial charge in [0.25, 0.3) is 0 Å². The van der Waals surface area contributed by atoms with Crippen molar-refractivity contribution in [3.8, 4) is 12.1 Å². The lowest BCUT2D eigenvalue weighted by Gasteiger charge is -2.21. The molecule has 2 aromatic carbocycles. The zero-order chi connectivity index (χ0) is 36.4. The fourth-order valence-corrected chi connectivity index (χ4v) is 6.08. The topological polar surface area (TPSA) is 190 Å². The second-order valence-corrected chi connectivity index (χ2v) is 12.4. The number of aryl methyl sites for hydroxylation is 4. The largest absolute Gasteiger partial charge is 0.478 e. The highest BCUT2D eigenvalue weighted by Gasteiger charge is 2.40. The number of hydrogen-bond acceptors (Lipinski definition) is 11. The van der Waals surface area contributed by atoms with Crippen LogP contribution in [0.25, 0.3) is 0 Å². The molecule has 14 heteroatoms. The SMILES string of the molecule is CCOC(=O)c1ccc(C2=NOC(C)(c3cc(C)nn3C)C2)cc1C#N.Cc1cc(C2(C)CC(c3ccc(C(=O)O)c(C#N)c3)=NO2)n(C)n1. The van der Waals surface area contributed by atoms with Gasteiger partial charge in [-0.3, -0.25) is 9.36 Å². The number of oxime groups is 2. The first-order valence-electron chi connectivity index (χ1n) is 15.7. The molecule has 0 saturated carbocycles. The molecule has 2 aliphatic heterocycles. The third kappa shape index (κ3) is 6.82. The van der Waals surface area contributed by atoms with Crippen LogP contribution in [0.2, 0.25) is 0 Å². The molecule has 1 N–H and O–H groups in total. The van der Waals surface area contributed by atoms with Crippen molar-refractivity contribution in [2.24, 2.45) is 24.4 Å². The van der Waals surface area contributed by atoms with Gasteiger partial charge in [-0.2, -0.15) is 20.7 Å². The van der Waals surface area contributed by atoms with Crippen LogP contribution in [0.15, 0.2) is 58.8 Å². The Morgan fingerprint density at radius 3 is 1.64 bits per heavy atom. The molecule has 50 heavy (non-hydrogen) atoms. The first-order valence-corrected chi connectivity index (χ1v) is 15.7. The molecule has 14 nitrogen and oxygen atoms in total. The van der Waals surface area contributed by atoms with Crippen molar-refractivity contribution >= 4 is 23.4 Å². The number of ether oxygens (including phenoxy) is 1. The molecule has 0 aliphatic carbocycles. The minimum absolute atomic E-state index is 0.0224. The van der Waals surface area contributed by atoms with Gasteiger partial charge in [-0.25, -0.2) is 9.59 Å². The summed E-state index contributed by atoms with van der Waals surface area (Å²) in [5.41, 5.74) is 5.77. The molecule has 0 bridgehead atoms. The summed E-state index contributed by atoms with van der Waals surface area (Å²) in [5.74, 6) is -1.63. The number of carbonyl (C=O) groups is 2. The molecular weight excluding hydrogens is 640 g/mol. The van der Waals surface area contributed by atoms with Crippen molar-refractivity contribution < 1.29 is 29.1 Å². The number of carbonyl (C=O) groups excluding carboxylic acids is 1. The average molecular weight is 677 g/mol. The summed E-state index contributed by atoms with van der Waals surface area (Å²) in [6.45, 7) is 9.71. The fraction of sp³-hybridized carbons (Fsp3) is 0.333. The molecule has 0 amide bonds. The van der Waals surface area contributed by atoms with Crippen molar-refractivity contribution in [2.45, 2.75) is 58.7 Å². The van der Waals surface area contributed by atoms with Gasteiger partial charge >= 0.3 is 11.9 Å². The molecule has 4 heterocycles. The lowest BCUT2D eigenvalue weighted by atomic mass is 9.91. The maximum atomic E-state index is 11.9. The van der Waals surface area contributed by atoms with Gasteiger partial charge in [-0.1, -0.05) is 22.4 Å². The summed E-state index contributed by atoms with van der Waals surface area (Å²) in [7, 11) is 3.72. The second kappa shape index (κ2) is 13.7. The van der Waals surface area contributed by atoms with E-state index < -0.39 is 23.1 Å². The summed E-state index contributed by atoms with van der Waals surface area (Å²) < 4.78 is 8.54. The van der Waals surface area contributed by atoms with Gasteiger partial charge in [-0.15, -0.1) is 0 Å². The molecule has 0 spiro atoms. The molecule has 0 radical (unpaired) electrons. The molecule has 6 rings (SSSR count). The number of nitriles is 2. The normalized spacial score (nSPS) is 19.1. The number of nitrogens with zero attached hydrogens (tertiary/aromatic N) is 8. The number of hydrogen-bond donors (Lipinski definition) is 1. The van der Waals surface area contributed by atoms with Crippen molar-refractivity contribution in [1.82, 2.24) is 19.6 Å².